The van der Waals surface area contributed by atoms with Crippen LogP contribution in [-0.2, 0) is 4.12 Å². The van der Waals surface area contributed by atoms with Crippen molar-refractivity contribution >= 4 is 46.3 Å². The van der Waals surface area contributed by atoms with Crippen LogP contribution in [0.2, 0.25) is 12.1 Å². The molecule has 0 atom stereocenters. The Hall–Kier alpha value is 0.678. The molecule has 0 aromatic heterocycles. The molecule has 252 valence electrons. The molecule has 0 unspecified atom stereocenters. The smallest absolute Gasteiger partial charge is 0.427 e. The first-order valence-corrected chi connectivity index (χ1v) is 23.4. The van der Waals surface area contributed by atoms with Crippen molar-refractivity contribution in [3.63, 3.8) is 0 Å². The molecule has 0 aliphatic carbocycles. The van der Waals surface area contributed by atoms with E-state index >= 15 is 0 Å². The van der Waals surface area contributed by atoms with E-state index in [9.17, 15) is 0 Å². The van der Waals surface area contributed by atoms with Crippen molar-refractivity contribution in [2.45, 2.75) is 66.5 Å². The minimum absolute atomic E-state index is 0.0451. The average Bonchev–Trinajstić information content (AvgIpc) is 2.97. The first kappa shape index (κ1) is 46.1. The quantitative estimate of drug-likeness (QED) is 0.0667. The van der Waals surface area contributed by atoms with Gasteiger partial charge in [0.15, 0.2) is 9.76 Å². The Labute approximate surface area is 264 Å². The maximum Gasteiger partial charge on any atom is 0.492 e. The molecule has 0 saturated heterocycles. The Morgan fingerprint density at radius 2 is 0.927 bits per heavy atom. The summed E-state index contributed by atoms with van der Waals surface area (Å²) in [6, 6.07) is 1.22. The van der Waals surface area contributed by atoms with Crippen molar-refractivity contribution in [2.24, 2.45) is 11.5 Å². The zero-order valence-corrected chi connectivity index (χ0v) is 33.8. The van der Waals surface area contributed by atoms with Crippen LogP contribution in [0.25, 0.3) is 0 Å². The van der Waals surface area contributed by atoms with Gasteiger partial charge in [-0.25, -0.2) is 0 Å². The SMILES string of the molecule is CCN(C)[Si](Cl)(N(C)CC)N(C)CC.CCN(C)[Si](O[SiH2]CCCN)(N(C)CC)N(C)CC.NCCC[Si](O)(O)O. The molecule has 0 saturated carbocycles. The zero-order chi connectivity index (χ0) is 32.9. The molecular weight excluding hydrogens is 612 g/mol. The van der Waals surface area contributed by atoms with Gasteiger partial charge in [0, 0.05) is 6.04 Å². The van der Waals surface area contributed by atoms with E-state index in [4.69, 9.17) is 41.0 Å². The van der Waals surface area contributed by atoms with Crippen LogP contribution in [-0.4, -0.2) is 172 Å². The number of rotatable bonds is 20. The maximum atomic E-state index is 8.34. The van der Waals surface area contributed by atoms with Crippen LogP contribution in [0, 0.1) is 0 Å². The Balaban J connectivity index is -0.000000574. The third kappa shape index (κ3) is 16.5. The van der Waals surface area contributed by atoms with E-state index in [-0.39, 0.29) is 6.04 Å². The monoisotopic (exact) mass is 680 g/mol. The topological polar surface area (TPSA) is 141 Å². The van der Waals surface area contributed by atoms with Crippen LogP contribution in [0.15, 0.2) is 0 Å². The van der Waals surface area contributed by atoms with Gasteiger partial charge >= 0.3 is 25.5 Å². The third-order valence-electron chi connectivity index (χ3n) is 7.41. The number of hydrogen-bond acceptors (Lipinski definition) is 12. The molecule has 41 heavy (non-hydrogen) atoms. The van der Waals surface area contributed by atoms with E-state index in [1.54, 1.807) is 0 Å². The summed E-state index contributed by atoms with van der Waals surface area (Å²) in [5.41, 5.74) is 10.6. The standard InChI is InChI=1S/C12H34N4OSi2.C9H24ClN3Si.C3H11NO3Si/c1-7-14(4)19(15(5)8-2,16(6)9-3)17-18-12-10-11-13;1-7-11(4)14(10,12(5)8-2)13(6)9-3;4-2-1-3-8(5,6)7/h7-13,18H2,1-6H3;7-9H2,1-6H3;5-7H,1-4H2. The number of hydrogen-bond donors (Lipinski definition) is 5. The van der Waals surface area contributed by atoms with Gasteiger partial charge in [0.2, 0.25) is 0 Å². The molecule has 17 heteroatoms. The lowest BCUT2D eigenvalue weighted by molar-refractivity contribution is 0.222. The summed E-state index contributed by atoms with van der Waals surface area (Å²) < 4.78 is 20.7. The molecule has 0 fully saturated rings. The minimum Gasteiger partial charge on any atom is -0.427 e. The molecule has 0 rings (SSSR count). The first-order valence-electron chi connectivity index (χ1n) is 15.2. The molecule has 0 spiro atoms. The largest absolute Gasteiger partial charge is 0.492 e. The Morgan fingerprint density at radius 1 is 0.610 bits per heavy atom. The highest BCUT2D eigenvalue weighted by Gasteiger charge is 2.48. The Bertz CT molecular complexity index is 567. The molecule has 0 bridgehead atoms. The number of halogens is 1. The van der Waals surface area contributed by atoms with E-state index in [1.807, 2.05) is 0 Å². The fourth-order valence-electron chi connectivity index (χ4n) is 4.10. The molecule has 0 aliphatic heterocycles. The van der Waals surface area contributed by atoms with Crippen molar-refractivity contribution in [2.75, 3.05) is 94.6 Å². The second-order valence-electron chi connectivity index (χ2n) is 10.2. The normalized spacial score (nSPS) is 13.2. The summed E-state index contributed by atoms with van der Waals surface area (Å²) in [5, 5.41) is 0. The fourth-order valence-corrected chi connectivity index (χ4v) is 16.6. The lowest BCUT2D eigenvalue weighted by atomic mass is 10.5. The zero-order valence-electron chi connectivity index (χ0n) is 28.7. The summed E-state index contributed by atoms with van der Waals surface area (Å²) >= 11 is 6.81. The van der Waals surface area contributed by atoms with Gasteiger partial charge in [-0.1, -0.05) is 41.5 Å². The van der Waals surface area contributed by atoms with Crippen molar-refractivity contribution in [3.05, 3.63) is 0 Å². The summed E-state index contributed by atoms with van der Waals surface area (Å²) in [6.07, 6.45) is 1.56. The number of nitrogens with zero attached hydrogens (tertiary/aromatic N) is 6. The van der Waals surface area contributed by atoms with E-state index in [2.05, 4.69) is 111 Å². The molecule has 0 radical (unpaired) electrons. The van der Waals surface area contributed by atoms with Crippen LogP contribution in [0.5, 0.6) is 0 Å². The highest BCUT2D eigenvalue weighted by atomic mass is 35.6. The van der Waals surface area contributed by atoms with Crippen molar-refractivity contribution in [1.82, 2.24) is 27.4 Å². The lowest BCUT2D eigenvalue weighted by Gasteiger charge is -2.48. The predicted molar refractivity (Wildman–Crippen MR) is 186 cm³/mol. The van der Waals surface area contributed by atoms with Gasteiger partial charge in [0.1, 0.15) is 0 Å². The van der Waals surface area contributed by atoms with Gasteiger partial charge in [-0.15, -0.1) is 11.1 Å². The van der Waals surface area contributed by atoms with Gasteiger partial charge in [-0.05, 0) is 114 Å². The second-order valence-corrected chi connectivity index (χ2v) is 22.9. The van der Waals surface area contributed by atoms with Gasteiger partial charge in [0.25, 0.3) is 0 Å². The molecule has 0 aliphatic rings. The Kier molecular flexibility index (Phi) is 28.0. The summed E-state index contributed by atoms with van der Waals surface area (Å²) in [4.78, 5) is 25.0. The van der Waals surface area contributed by atoms with Crippen molar-refractivity contribution in [1.29, 1.82) is 0 Å². The molecule has 0 amide bonds. The van der Waals surface area contributed by atoms with Gasteiger partial charge in [0.05, 0.1) is 0 Å². The van der Waals surface area contributed by atoms with Crippen LogP contribution in [0.4, 0.5) is 0 Å². The van der Waals surface area contributed by atoms with Crippen molar-refractivity contribution < 1.29 is 18.5 Å². The maximum absolute atomic E-state index is 8.34. The number of nitrogens with two attached hydrogens (primary N) is 2. The van der Waals surface area contributed by atoms with E-state index in [0.717, 1.165) is 52.2 Å². The first-order chi connectivity index (χ1) is 19.0. The molecule has 0 aromatic rings. The minimum atomic E-state index is -3.76. The summed E-state index contributed by atoms with van der Waals surface area (Å²) in [5.74, 6) is 0. The third-order valence-corrected chi connectivity index (χ3v) is 22.0. The predicted octanol–water partition coefficient (Wildman–Crippen LogP) is -0.0885. The summed E-state index contributed by atoms with van der Waals surface area (Å²) in [6.45, 7) is 20.3. The van der Waals surface area contributed by atoms with Gasteiger partial charge in [-0.2, -0.15) is 0 Å². The molecule has 0 heterocycles. The molecule has 7 N–H and O–H groups in total. The van der Waals surface area contributed by atoms with Gasteiger partial charge in [-0.3, -0.25) is 27.4 Å². The highest BCUT2D eigenvalue weighted by molar-refractivity contribution is 7.15. The fraction of sp³-hybridized carbons (Fsp3) is 1.00. The lowest BCUT2D eigenvalue weighted by Crippen LogP contribution is -2.74. The van der Waals surface area contributed by atoms with Gasteiger partial charge < -0.3 is 30.0 Å². The van der Waals surface area contributed by atoms with Crippen LogP contribution < -0.4 is 11.5 Å². The Morgan fingerprint density at radius 3 is 1.15 bits per heavy atom. The second kappa shape index (κ2) is 24.9. The van der Waals surface area contributed by atoms with Crippen LogP contribution >= 0.6 is 11.1 Å². The van der Waals surface area contributed by atoms with Crippen LogP contribution in [0.1, 0.15) is 54.4 Å². The van der Waals surface area contributed by atoms with Crippen LogP contribution in [0.3, 0.4) is 0 Å². The van der Waals surface area contributed by atoms with E-state index < -0.39 is 35.2 Å². The average molecular weight is 682 g/mol. The van der Waals surface area contributed by atoms with Crippen molar-refractivity contribution in [3.8, 4) is 0 Å². The molecule has 12 nitrogen and oxygen atoms in total. The molecular formula is C24H69ClN8O4Si4. The van der Waals surface area contributed by atoms with E-state index in [0.29, 0.717) is 13.0 Å². The van der Waals surface area contributed by atoms with E-state index in [1.165, 1.54) is 6.04 Å². The summed E-state index contributed by atoms with van der Waals surface area (Å²) in [7, 11) is 4.43. The molecule has 0 aromatic carbocycles. The highest BCUT2D eigenvalue weighted by Crippen LogP contribution is 2.21.